The Morgan fingerprint density at radius 1 is 0.958 bits per heavy atom. The number of fused-ring (bicyclic) bond motifs is 1. The molecule has 1 aliphatic rings. The van der Waals surface area contributed by atoms with Crippen LogP contribution in [0.25, 0.3) is 17.2 Å². The smallest absolute Gasteiger partial charge is 0.254 e. The van der Waals surface area contributed by atoms with Gasteiger partial charge in [0, 0.05) is 43.5 Å². The average molecular weight is 322 g/mol. The standard InChI is InChI=1S/C18H22N6/c1-13-6-4-5-7-15(13)17-20-18-19-14(2)12-16(24(18)21-17)23-10-8-22(3)9-11-23/h4-7,12H,8-11H2,1-3H3. The summed E-state index contributed by atoms with van der Waals surface area (Å²) in [7, 11) is 2.16. The number of anilines is 1. The van der Waals surface area contributed by atoms with Crippen LogP contribution in [-0.4, -0.2) is 57.7 Å². The molecule has 0 bridgehead atoms. The molecule has 0 atom stereocenters. The van der Waals surface area contributed by atoms with Gasteiger partial charge in [0.2, 0.25) is 0 Å². The van der Waals surface area contributed by atoms with Crippen molar-refractivity contribution in [2.75, 3.05) is 38.1 Å². The highest BCUT2D eigenvalue weighted by atomic mass is 15.4. The van der Waals surface area contributed by atoms with Crippen LogP contribution in [0.3, 0.4) is 0 Å². The van der Waals surface area contributed by atoms with Gasteiger partial charge in [0.05, 0.1) is 0 Å². The first kappa shape index (κ1) is 15.1. The second-order valence-electron chi connectivity index (χ2n) is 6.51. The Bertz CT molecular complexity index is 876. The minimum atomic E-state index is 0.669. The van der Waals surface area contributed by atoms with Crippen LogP contribution in [0.1, 0.15) is 11.3 Å². The van der Waals surface area contributed by atoms with E-state index < -0.39 is 0 Å². The fraction of sp³-hybridized carbons (Fsp3) is 0.389. The van der Waals surface area contributed by atoms with Gasteiger partial charge in [-0.25, -0.2) is 4.98 Å². The van der Waals surface area contributed by atoms with Gasteiger partial charge in [0.1, 0.15) is 5.82 Å². The topological polar surface area (TPSA) is 49.6 Å². The van der Waals surface area contributed by atoms with Crippen LogP contribution in [0.15, 0.2) is 30.3 Å². The molecule has 4 rings (SSSR count). The Hall–Kier alpha value is -2.47. The Kier molecular flexibility index (Phi) is 3.69. The highest BCUT2D eigenvalue weighted by Crippen LogP contribution is 2.23. The summed E-state index contributed by atoms with van der Waals surface area (Å²) in [6, 6.07) is 10.3. The maximum atomic E-state index is 4.77. The molecular formula is C18H22N6. The largest absolute Gasteiger partial charge is 0.354 e. The van der Waals surface area contributed by atoms with E-state index in [2.05, 4.69) is 51.9 Å². The molecule has 0 radical (unpaired) electrons. The number of nitrogens with zero attached hydrogens (tertiary/aromatic N) is 6. The van der Waals surface area contributed by atoms with Gasteiger partial charge in [-0.2, -0.15) is 9.50 Å². The van der Waals surface area contributed by atoms with Gasteiger partial charge in [-0.1, -0.05) is 24.3 Å². The van der Waals surface area contributed by atoms with E-state index in [1.54, 1.807) is 0 Å². The molecule has 24 heavy (non-hydrogen) atoms. The van der Waals surface area contributed by atoms with Crippen LogP contribution in [0.4, 0.5) is 5.82 Å². The molecule has 3 heterocycles. The predicted molar refractivity (Wildman–Crippen MR) is 95.4 cm³/mol. The second kappa shape index (κ2) is 5.87. The third kappa shape index (κ3) is 2.63. The average Bonchev–Trinajstić information content (AvgIpc) is 2.99. The number of rotatable bonds is 2. The van der Waals surface area contributed by atoms with Crippen LogP contribution < -0.4 is 4.90 Å². The van der Waals surface area contributed by atoms with Crippen molar-refractivity contribution in [1.29, 1.82) is 0 Å². The van der Waals surface area contributed by atoms with Crippen LogP contribution >= 0.6 is 0 Å². The summed E-state index contributed by atoms with van der Waals surface area (Å²) in [5, 5.41) is 4.77. The van der Waals surface area contributed by atoms with Gasteiger partial charge in [-0.3, -0.25) is 0 Å². The molecule has 0 unspecified atom stereocenters. The van der Waals surface area contributed by atoms with E-state index in [4.69, 9.17) is 5.10 Å². The monoisotopic (exact) mass is 322 g/mol. The molecule has 6 nitrogen and oxygen atoms in total. The zero-order chi connectivity index (χ0) is 16.7. The van der Waals surface area contributed by atoms with Gasteiger partial charge in [0.15, 0.2) is 5.82 Å². The Morgan fingerprint density at radius 3 is 2.46 bits per heavy atom. The molecule has 2 aromatic heterocycles. The Balaban J connectivity index is 1.82. The van der Waals surface area contributed by atoms with Gasteiger partial charge < -0.3 is 9.80 Å². The summed E-state index contributed by atoms with van der Waals surface area (Å²) >= 11 is 0. The lowest BCUT2D eigenvalue weighted by Gasteiger charge is -2.33. The molecule has 1 fully saturated rings. The highest BCUT2D eigenvalue weighted by Gasteiger charge is 2.20. The van der Waals surface area contributed by atoms with E-state index in [9.17, 15) is 0 Å². The number of benzene rings is 1. The van der Waals surface area contributed by atoms with Crippen molar-refractivity contribution in [2.24, 2.45) is 0 Å². The third-order valence-corrected chi connectivity index (χ3v) is 4.63. The number of aromatic nitrogens is 4. The van der Waals surface area contributed by atoms with E-state index >= 15 is 0 Å². The summed E-state index contributed by atoms with van der Waals surface area (Å²) in [4.78, 5) is 14.0. The molecule has 1 saturated heterocycles. The molecule has 124 valence electrons. The molecule has 1 aromatic carbocycles. The van der Waals surface area contributed by atoms with Gasteiger partial charge in [-0.05, 0) is 26.5 Å². The molecule has 3 aromatic rings. The maximum Gasteiger partial charge on any atom is 0.254 e. The molecular weight excluding hydrogens is 300 g/mol. The lowest BCUT2D eigenvalue weighted by molar-refractivity contribution is 0.311. The van der Waals surface area contributed by atoms with Crippen LogP contribution in [0, 0.1) is 13.8 Å². The fourth-order valence-corrected chi connectivity index (χ4v) is 3.17. The summed E-state index contributed by atoms with van der Waals surface area (Å²) in [5.41, 5.74) is 3.21. The van der Waals surface area contributed by atoms with E-state index in [1.807, 2.05) is 23.6 Å². The van der Waals surface area contributed by atoms with Gasteiger partial charge in [0.25, 0.3) is 5.78 Å². The maximum absolute atomic E-state index is 4.77. The highest BCUT2D eigenvalue weighted by molar-refractivity contribution is 5.62. The fourth-order valence-electron chi connectivity index (χ4n) is 3.17. The van der Waals surface area contributed by atoms with Crippen molar-refractivity contribution in [3.63, 3.8) is 0 Å². The summed E-state index contributed by atoms with van der Waals surface area (Å²) in [6.45, 7) is 8.20. The first-order chi connectivity index (χ1) is 11.6. The molecule has 0 spiro atoms. The van der Waals surface area contributed by atoms with Crippen molar-refractivity contribution in [1.82, 2.24) is 24.5 Å². The van der Waals surface area contributed by atoms with E-state index in [0.29, 0.717) is 5.78 Å². The molecule has 0 aliphatic carbocycles. The van der Waals surface area contributed by atoms with E-state index in [-0.39, 0.29) is 0 Å². The van der Waals surface area contributed by atoms with Crippen LogP contribution in [0.5, 0.6) is 0 Å². The third-order valence-electron chi connectivity index (χ3n) is 4.63. The number of hydrogen-bond acceptors (Lipinski definition) is 5. The number of likely N-dealkylation sites (N-methyl/N-ethyl adjacent to an activating group) is 1. The van der Waals surface area contributed by atoms with Gasteiger partial charge in [-0.15, -0.1) is 5.10 Å². The zero-order valence-corrected chi connectivity index (χ0v) is 14.4. The van der Waals surface area contributed by atoms with Gasteiger partial charge >= 0.3 is 0 Å². The lowest BCUT2D eigenvalue weighted by Crippen LogP contribution is -2.45. The molecule has 0 saturated carbocycles. The minimum absolute atomic E-state index is 0.669. The minimum Gasteiger partial charge on any atom is -0.354 e. The predicted octanol–water partition coefficient (Wildman–Crippen LogP) is 2.16. The van der Waals surface area contributed by atoms with Crippen molar-refractivity contribution in [3.05, 3.63) is 41.6 Å². The SMILES string of the molecule is Cc1cc(N2CCN(C)CC2)n2nc(-c3ccccc3C)nc2n1. The first-order valence-corrected chi connectivity index (χ1v) is 8.36. The van der Waals surface area contributed by atoms with Crippen molar-refractivity contribution in [2.45, 2.75) is 13.8 Å². The van der Waals surface area contributed by atoms with Crippen molar-refractivity contribution < 1.29 is 0 Å². The molecule has 6 heteroatoms. The second-order valence-corrected chi connectivity index (χ2v) is 6.51. The number of piperazine rings is 1. The molecule has 0 amide bonds. The van der Waals surface area contributed by atoms with E-state index in [1.165, 1.54) is 5.56 Å². The van der Waals surface area contributed by atoms with Crippen molar-refractivity contribution in [3.8, 4) is 11.4 Å². The summed E-state index contributed by atoms with van der Waals surface area (Å²) in [6.07, 6.45) is 0. The zero-order valence-electron chi connectivity index (χ0n) is 14.4. The quantitative estimate of drug-likeness (QED) is 0.724. The number of hydrogen-bond donors (Lipinski definition) is 0. The first-order valence-electron chi connectivity index (χ1n) is 8.36. The van der Waals surface area contributed by atoms with E-state index in [0.717, 1.165) is 49.1 Å². The summed E-state index contributed by atoms with van der Waals surface area (Å²) < 4.78 is 1.89. The van der Waals surface area contributed by atoms with Crippen LogP contribution in [-0.2, 0) is 0 Å². The number of aryl methyl sites for hydroxylation is 2. The Labute approximate surface area is 141 Å². The Morgan fingerprint density at radius 2 is 1.71 bits per heavy atom. The molecule has 0 N–H and O–H groups in total. The van der Waals surface area contributed by atoms with Crippen LogP contribution in [0.2, 0.25) is 0 Å². The lowest BCUT2D eigenvalue weighted by atomic mass is 10.1. The summed E-state index contributed by atoms with van der Waals surface area (Å²) in [5.74, 6) is 2.49. The normalized spacial score (nSPS) is 16.0. The van der Waals surface area contributed by atoms with Crippen molar-refractivity contribution >= 4 is 11.6 Å². The molecule has 1 aliphatic heterocycles.